The molecule has 0 spiro atoms. The molecule has 1 aromatic carbocycles. The lowest BCUT2D eigenvalue weighted by atomic mass is 9.89. The van der Waals surface area contributed by atoms with Crippen LogP contribution >= 0.6 is 24.8 Å². The van der Waals surface area contributed by atoms with E-state index in [0.29, 0.717) is 11.8 Å². The molecular weight excluding hydrogens is 393 g/mol. The van der Waals surface area contributed by atoms with Crippen molar-refractivity contribution in [3.05, 3.63) is 35.9 Å². The van der Waals surface area contributed by atoms with Gasteiger partial charge in [-0.3, -0.25) is 9.69 Å². The average molecular weight is 430 g/mol. The number of benzene rings is 1. The molecule has 6 heteroatoms. The van der Waals surface area contributed by atoms with Crippen LogP contribution in [0.4, 0.5) is 0 Å². The van der Waals surface area contributed by atoms with Gasteiger partial charge in [-0.2, -0.15) is 0 Å². The lowest BCUT2D eigenvalue weighted by molar-refractivity contribution is -0.138. The first-order chi connectivity index (χ1) is 12.5. The second kappa shape index (κ2) is 12.0. The highest BCUT2D eigenvalue weighted by Gasteiger charge is 2.31. The van der Waals surface area contributed by atoms with Gasteiger partial charge in [-0.15, -0.1) is 24.8 Å². The standard InChI is InChI=1S/C22H35N3O.2ClH/c1-17(23)21-10-14-25(15-11-21)22(26)18(2)24-12-8-20(9-13-24)16-19-6-4-3-5-7-19;;/h3-7,17-18,20-21H,8-16,23H2,1-2H3;2*1H. The molecule has 0 radical (unpaired) electrons. The Balaban J connectivity index is 0.00000196. The number of nitrogens with zero attached hydrogens (tertiary/aromatic N) is 2. The van der Waals surface area contributed by atoms with Gasteiger partial charge in [-0.1, -0.05) is 30.3 Å². The predicted octanol–water partition coefficient (Wildman–Crippen LogP) is 3.76. The molecule has 2 atom stereocenters. The molecule has 0 bridgehead atoms. The Morgan fingerprint density at radius 3 is 2.11 bits per heavy atom. The third kappa shape index (κ3) is 6.62. The largest absolute Gasteiger partial charge is 0.341 e. The second-order valence-corrected chi connectivity index (χ2v) is 8.37. The molecule has 2 saturated heterocycles. The summed E-state index contributed by atoms with van der Waals surface area (Å²) in [5.74, 6) is 1.63. The predicted molar refractivity (Wildman–Crippen MR) is 121 cm³/mol. The first-order valence-electron chi connectivity index (χ1n) is 10.4. The zero-order chi connectivity index (χ0) is 18.5. The van der Waals surface area contributed by atoms with Crippen LogP contribution < -0.4 is 5.73 Å². The highest BCUT2D eigenvalue weighted by atomic mass is 35.5. The van der Waals surface area contributed by atoms with E-state index in [0.717, 1.165) is 44.9 Å². The topological polar surface area (TPSA) is 49.6 Å². The molecular formula is C22H37Cl2N3O. The van der Waals surface area contributed by atoms with E-state index in [-0.39, 0.29) is 36.9 Å². The zero-order valence-electron chi connectivity index (χ0n) is 17.3. The quantitative estimate of drug-likeness (QED) is 0.774. The van der Waals surface area contributed by atoms with E-state index < -0.39 is 0 Å². The molecule has 2 aliphatic rings. The molecule has 2 fully saturated rings. The van der Waals surface area contributed by atoms with Gasteiger partial charge >= 0.3 is 0 Å². The third-order valence-corrected chi connectivity index (χ3v) is 6.52. The Morgan fingerprint density at radius 2 is 1.57 bits per heavy atom. The first kappa shape index (κ1) is 25.2. The SMILES string of the molecule is CC(N)C1CCN(C(=O)C(C)N2CCC(Cc3ccccc3)CC2)CC1.Cl.Cl. The molecule has 2 unspecified atom stereocenters. The zero-order valence-corrected chi connectivity index (χ0v) is 18.9. The van der Waals surface area contributed by atoms with Crippen molar-refractivity contribution in [2.24, 2.45) is 17.6 Å². The fourth-order valence-electron chi connectivity index (χ4n) is 4.56. The lowest BCUT2D eigenvalue weighted by Crippen LogP contribution is -2.52. The number of piperidine rings is 2. The maximum atomic E-state index is 12.9. The molecule has 2 N–H and O–H groups in total. The Hall–Kier alpha value is -0.810. The Bertz CT molecular complexity index is 568. The molecule has 2 heterocycles. The van der Waals surface area contributed by atoms with Crippen molar-refractivity contribution < 1.29 is 4.79 Å². The molecule has 0 aliphatic carbocycles. The number of carbonyl (C=O) groups is 1. The number of nitrogens with two attached hydrogens (primary N) is 1. The number of amides is 1. The van der Waals surface area contributed by atoms with Gasteiger partial charge in [0.15, 0.2) is 0 Å². The lowest BCUT2D eigenvalue weighted by Gasteiger charge is -2.40. The molecule has 3 rings (SSSR count). The van der Waals surface area contributed by atoms with Crippen molar-refractivity contribution in [2.75, 3.05) is 26.2 Å². The van der Waals surface area contributed by atoms with Gasteiger partial charge in [0.1, 0.15) is 0 Å². The van der Waals surface area contributed by atoms with E-state index in [2.05, 4.69) is 54.0 Å². The monoisotopic (exact) mass is 429 g/mol. The summed E-state index contributed by atoms with van der Waals surface area (Å²) < 4.78 is 0. The van der Waals surface area contributed by atoms with Gasteiger partial charge in [0.05, 0.1) is 6.04 Å². The minimum Gasteiger partial charge on any atom is -0.341 e. The van der Waals surface area contributed by atoms with Crippen LogP contribution in [0.1, 0.15) is 45.1 Å². The Kier molecular flexibility index (Phi) is 10.8. The number of carbonyl (C=O) groups excluding carboxylic acids is 1. The molecule has 160 valence electrons. The van der Waals surface area contributed by atoms with Crippen LogP contribution in [-0.4, -0.2) is 54.0 Å². The van der Waals surface area contributed by atoms with Crippen LogP contribution in [0.2, 0.25) is 0 Å². The fraction of sp³-hybridized carbons (Fsp3) is 0.682. The van der Waals surface area contributed by atoms with Crippen molar-refractivity contribution in [1.82, 2.24) is 9.80 Å². The van der Waals surface area contributed by atoms with Crippen molar-refractivity contribution in [2.45, 2.75) is 58.0 Å². The maximum Gasteiger partial charge on any atom is 0.239 e. The molecule has 1 aromatic rings. The fourth-order valence-corrected chi connectivity index (χ4v) is 4.56. The van der Waals surface area contributed by atoms with Gasteiger partial charge in [-0.05, 0) is 76.4 Å². The summed E-state index contributed by atoms with van der Waals surface area (Å²) >= 11 is 0. The van der Waals surface area contributed by atoms with E-state index in [1.54, 1.807) is 0 Å². The third-order valence-electron chi connectivity index (χ3n) is 6.52. The van der Waals surface area contributed by atoms with Gasteiger partial charge in [0.2, 0.25) is 5.91 Å². The molecule has 4 nitrogen and oxygen atoms in total. The summed E-state index contributed by atoms with van der Waals surface area (Å²) in [5.41, 5.74) is 7.46. The number of halogens is 2. The molecule has 0 saturated carbocycles. The molecule has 1 amide bonds. The van der Waals surface area contributed by atoms with Crippen LogP contribution in [-0.2, 0) is 11.2 Å². The van der Waals surface area contributed by atoms with Crippen LogP contribution in [0.25, 0.3) is 0 Å². The van der Waals surface area contributed by atoms with Gasteiger partial charge in [-0.25, -0.2) is 0 Å². The average Bonchev–Trinajstić information content (AvgIpc) is 2.68. The summed E-state index contributed by atoms with van der Waals surface area (Å²) in [6.45, 7) is 8.02. The van der Waals surface area contributed by atoms with E-state index in [4.69, 9.17) is 5.73 Å². The normalized spacial score (nSPS) is 21.3. The molecule has 2 aliphatic heterocycles. The number of likely N-dealkylation sites (tertiary alicyclic amines) is 2. The van der Waals surface area contributed by atoms with E-state index in [1.807, 2.05) is 0 Å². The first-order valence-corrected chi connectivity index (χ1v) is 10.4. The Morgan fingerprint density at radius 1 is 1.00 bits per heavy atom. The van der Waals surface area contributed by atoms with Crippen LogP contribution in [0.3, 0.4) is 0 Å². The van der Waals surface area contributed by atoms with Crippen molar-refractivity contribution in [3.63, 3.8) is 0 Å². The summed E-state index contributed by atoms with van der Waals surface area (Å²) in [4.78, 5) is 17.4. The minimum absolute atomic E-state index is 0. The second-order valence-electron chi connectivity index (χ2n) is 8.37. The maximum absolute atomic E-state index is 12.9. The van der Waals surface area contributed by atoms with Gasteiger partial charge in [0, 0.05) is 19.1 Å². The van der Waals surface area contributed by atoms with E-state index in [1.165, 1.54) is 24.8 Å². The highest BCUT2D eigenvalue weighted by Crippen LogP contribution is 2.25. The van der Waals surface area contributed by atoms with Crippen molar-refractivity contribution in [3.8, 4) is 0 Å². The summed E-state index contributed by atoms with van der Waals surface area (Å²) in [5, 5.41) is 0. The number of rotatable bonds is 5. The number of hydrogen-bond acceptors (Lipinski definition) is 3. The molecule has 28 heavy (non-hydrogen) atoms. The van der Waals surface area contributed by atoms with Crippen molar-refractivity contribution in [1.29, 1.82) is 0 Å². The van der Waals surface area contributed by atoms with Crippen LogP contribution in [0.5, 0.6) is 0 Å². The van der Waals surface area contributed by atoms with Crippen molar-refractivity contribution >= 4 is 30.7 Å². The van der Waals surface area contributed by atoms with Gasteiger partial charge < -0.3 is 10.6 Å². The molecule has 0 aromatic heterocycles. The summed E-state index contributed by atoms with van der Waals surface area (Å²) in [6, 6.07) is 11.0. The number of hydrogen-bond donors (Lipinski definition) is 1. The minimum atomic E-state index is 0. The van der Waals surface area contributed by atoms with Crippen LogP contribution in [0.15, 0.2) is 30.3 Å². The summed E-state index contributed by atoms with van der Waals surface area (Å²) in [7, 11) is 0. The Labute approximate surface area is 183 Å². The smallest absolute Gasteiger partial charge is 0.239 e. The highest BCUT2D eigenvalue weighted by molar-refractivity contribution is 5.85. The van der Waals surface area contributed by atoms with E-state index >= 15 is 0 Å². The van der Waals surface area contributed by atoms with Crippen LogP contribution in [0, 0.1) is 11.8 Å². The van der Waals surface area contributed by atoms with E-state index in [9.17, 15) is 4.79 Å². The summed E-state index contributed by atoms with van der Waals surface area (Å²) in [6.07, 6.45) is 5.66. The van der Waals surface area contributed by atoms with Gasteiger partial charge in [0.25, 0.3) is 0 Å².